The van der Waals surface area contributed by atoms with Gasteiger partial charge < -0.3 is 15.0 Å². The van der Waals surface area contributed by atoms with Crippen molar-refractivity contribution in [3.8, 4) is 5.75 Å². The van der Waals surface area contributed by atoms with E-state index in [1.807, 2.05) is 30.3 Å². The van der Waals surface area contributed by atoms with Gasteiger partial charge >= 0.3 is 0 Å². The number of ether oxygens (including phenoxy) is 1. The Labute approximate surface area is 158 Å². The molecule has 0 atom stereocenters. The lowest BCUT2D eigenvalue weighted by Crippen LogP contribution is -2.25. The standard InChI is InChI=1S/C22H21N3O2/c1-27-19-9-4-8-17(14-19)24-22(26)20-15-18(11-12-23-20)25-13-5-7-16-6-2-3-10-21(16)25/h2-4,6,8-12,14-15H,5,7,13H2,1H3,(H,24,26). The third kappa shape index (κ3) is 3.62. The lowest BCUT2D eigenvalue weighted by Gasteiger charge is -2.31. The molecule has 2 heterocycles. The number of pyridine rings is 1. The number of nitrogens with one attached hydrogen (secondary N) is 1. The van der Waals surface area contributed by atoms with E-state index in [9.17, 15) is 4.79 Å². The quantitative estimate of drug-likeness (QED) is 0.749. The molecule has 2 aromatic carbocycles. The van der Waals surface area contributed by atoms with Crippen LogP contribution in [0.1, 0.15) is 22.5 Å². The maximum absolute atomic E-state index is 12.7. The molecule has 136 valence electrons. The number of para-hydroxylation sites is 1. The highest BCUT2D eigenvalue weighted by atomic mass is 16.5. The SMILES string of the molecule is COc1cccc(NC(=O)c2cc(N3CCCc4ccccc43)ccn2)c1. The molecule has 1 aliphatic heterocycles. The van der Waals surface area contributed by atoms with Gasteiger partial charge in [-0.15, -0.1) is 0 Å². The number of anilines is 3. The molecule has 5 heteroatoms. The molecule has 0 aliphatic carbocycles. The maximum atomic E-state index is 12.7. The molecular formula is C22H21N3O2. The van der Waals surface area contributed by atoms with Gasteiger partial charge in [-0.1, -0.05) is 24.3 Å². The van der Waals surface area contributed by atoms with Gasteiger partial charge in [-0.05, 0) is 48.7 Å². The predicted molar refractivity (Wildman–Crippen MR) is 107 cm³/mol. The summed E-state index contributed by atoms with van der Waals surface area (Å²) in [5, 5.41) is 2.88. The van der Waals surface area contributed by atoms with Gasteiger partial charge in [-0.2, -0.15) is 0 Å². The normalized spacial score (nSPS) is 13.0. The highest BCUT2D eigenvalue weighted by Gasteiger charge is 2.19. The Morgan fingerprint density at radius 1 is 1.11 bits per heavy atom. The Balaban J connectivity index is 1.59. The Bertz CT molecular complexity index is 971. The predicted octanol–water partition coefficient (Wildman–Crippen LogP) is 4.43. The number of methoxy groups -OCH3 is 1. The van der Waals surface area contributed by atoms with Crippen molar-refractivity contribution in [2.45, 2.75) is 12.8 Å². The number of fused-ring (bicyclic) bond motifs is 1. The summed E-state index contributed by atoms with van der Waals surface area (Å²) in [5.41, 5.74) is 4.58. The van der Waals surface area contributed by atoms with Crippen molar-refractivity contribution in [3.05, 3.63) is 78.1 Å². The summed E-state index contributed by atoms with van der Waals surface area (Å²) >= 11 is 0. The van der Waals surface area contributed by atoms with Crippen LogP contribution in [0.3, 0.4) is 0 Å². The van der Waals surface area contributed by atoms with Gasteiger partial charge in [0.1, 0.15) is 11.4 Å². The van der Waals surface area contributed by atoms with E-state index >= 15 is 0 Å². The Kier molecular flexibility index (Phi) is 4.75. The smallest absolute Gasteiger partial charge is 0.274 e. The second-order valence-electron chi connectivity index (χ2n) is 6.47. The molecule has 0 bridgehead atoms. The highest BCUT2D eigenvalue weighted by Crippen LogP contribution is 2.33. The summed E-state index contributed by atoms with van der Waals surface area (Å²) in [6.45, 7) is 0.929. The van der Waals surface area contributed by atoms with Crippen molar-refractivity contribution < 1.29 is 9.53 Å². The lowest BCUT2D eigenvalue weighted by atomic mass is 10.0. The molecule has 0 saturated heterocycles. The van der Waals surface area contributed by atoms with Crippen LogP contribution >= 0.6 is 0 Å². The minimum atomic E-state index is -0.240. The number of rotatable bonds is 4. The van der Waals surface area contributed by atoms with Crippen LogP contribution in [0.5, 0.6) is 5.75 Å². The minimum absolute atomic E-state index is 0.240. The number of carbonyl (C=O) groups excluding carboxylic acids is 1. The first-order valence-electron chi connectivity index (χ1n) is 9.01. The molecule has 5 nitrogen and oxygen atoms in total. The van der Waals surface area contributed by atoms with Crippen LogP contribution in [-0.4, -0.2) is 24.5 Å². The zero-order valence-electron chi connectivity index (χ0n) is 15.2. The molecule has 0 spiro atoms. The summed E-state index contributed by atoms with van der Waals surface area (Å²) in [6.07, 6.45) is 3.86. The van der Waals surface area contributed by atoms with Crippen LogP contribution in [0.4, 0.5) is 17.1 Å². The number of hydrogen-bond acceptors (Lipinski definition) is 4. The number of benzene rings is 2. The fourth-order valence-electron chi connectivity index (χ4n) is 3.41. The Morgan fingerprint density at radius 3 is 2.89 bits per heavy atom. The number of amides is 1. The number of hydrogen-bond donors (Lipinski definition) is 1. The molecule has 27 heavy (non-hydrogen) atoms. The lowest BCUT2D eigenvalue weighted by molar-refractivity contribution is 0.102. The topological polar surface area (TPSA) is 54.5 Å². The molecule has 3 aromatic rings. The van der Waals surface area contributed by atoms with Crippen LogP contribution in [0.25, 0.3) is 0 Å². The molecule has 1 aliphatic rings. The first kappa shape index (κ1) is 17.1. The first-order valence-corrected chi connectivity index (χ1v) is 9.01. The van der Waals surface area contributed by atoms with Gasteiger partial charge in [0.15, 0.2) is 0 Å². The largest absolute Gasteiger partial charge is 0.497 e. The van der Waals surface area contributed by atoms with E-state index in [-0.39, 0.29) is 5.91 Å². The number of aryl methyl sites for hydroxylation is 1. The van der Waals surface area contributed by atoms with Gasteiger partial charge in [0, 0.05) is 35.9 Å². The average molecular weight is 359 g/mol. The second kappa shape index (κ2) is 7.50. The van der Waals surface area contributed by atoms with Crippen molar-refractivity contribution in [1.29, 1.82) is 0 Å². The van der Waals surface area contributed by atoms with Gasteiger partial charge in [0.05, 0.1) is 7.11 Å². The zero-order chi connectivity index (χ0) is 18.6. The van der Waals surface area contributed by atoms with Gasteiger partial charge in [-0.25, -0.2) is 0 Å². The average Bonchev–Trinajstić information content (AvgIpc) is 2.73. The fourth-order valence-corrected chi connectivity index (χ4v) is 3.41. The van der Waals surface area contributed by atoms with Crippen molar-refractivity contribution in [2.75, 3.05) is 23.9 Å². The summed E-state index contributed by atoms with van der Waals surface area (Å²) in [4.78, 5) is 19.2. The molecule has 0 fully saturated rings. The van der Waals surface area contributed by atoms with E-state index in [1.165, 1.54) is 11.3 Å². The van der Waals surface area contributed by atoms with Gasteiger partial charge in [0.25, 0.3) is 5.91 Å². The van der Waals surface area contributed by atoms with E-state index in [0.717, 1.165) is 25.1 Å². The van der Waals surface area contributed by atoms with Crippen LogP contribution in [0, 0.1) is 0 Å². The molecule has 1 amide bonds. The number of carbonyl (C=O) groups is 1. The fraction of sp³-hybridized carbons (Fsp3) is 0.182. The molecule has 1 aromatic heterocycles. The Hall–Kier alpha value is -3.34. The molecule has 0 radical (unpaired) electrons. The highest BCUT2D eigenvalue weighted by molar-refractivity contribution is 6.03. The summed E-state index contributed by atoms with van der Waals surface area (Å²) in [6, 6.07) is 19.5. The van der Waals surface area contributed by atoms with Crippen LogP contribution in [0.2, 0.25) is 0 Å². The van der Waals surface area contributed by atoms with Crippen molar-refractivity contribution in [1.82, 2.24) is 4.98 Å². The number of nitrogens with zero attached hydrogens (tertiary/aromatic N) is 2. The molecular weight excluding hydrogens is 338 g/mol. The number of aromatic nitrogens is 1. The van der Waals surface area contributed by atoms with E-state index in [1.54, 1.807) is 19.4 Å². The second-order valence-corrected chi connectivity index (χ2v) is 6.47. The molecule has 1 N–H and O–H groups in total. The monoisotopic (exact) mass is 359 g/mol. The molecule has 4 rings (SSSR count). The zero-order valence-corrected chi connectivity index (χ0v) is 15.2. The first-order chi connectivity index (χ1) is 13.2. The molecule has 0 unspecified atom stereocenters. The third-order valence-electron chi connectivity index (χ3n) is 4.73. The van der Waals surface area contributed by atoms with E-state index in [0.29, 0.717) is 17.1 Å². The summed E-state index contributed by atoms with van der Waals surface area (Å²) < 4.78 is 5.20. The van der Waals surface area contributed by atoms with E-state index in [2.05, 4.69) is 39.5 Å². The summed E-state index contributed by atoms with van der Waals surface area (Å²) in [5.74, 6) is 0.454. The molecule has 0 saturated carbocycles. The van der Waals surface area contributed by atoms with E-state index < -0.39 is 0 Å². The van der Waals surface area contributed by atoms with Gasteiger partial charge in [-0.3, -0.25) is 9.78 Å². The van der Waals surface area contributed by atoms with Crippen molar-refractivity contribution >= 4 is 23.0 Å². The van der Waals surface area contributed by atoms with Crippen molar-refractivity contribution in [2.24, 2.45) is 0 Å². The Morgan fingerprint density at radius 2 is 2.00 bits per heavy atom. The van der Waals surface area contributed by atoms with Crippen LogP contribution in [0.15, 0.2) is 66.9 Å². The van der Waals surface area contributed by atoms with Crippen LogP contribution in [-0.2, 0) is 6.42 Å². The van der Waals surface area contributed by atoms with Crippen molar-refractivity contribution in [3.63, 3.8) is 0 Å². The minimum Gasteiger partial charge on any atom is -0.497 e. The maximum Gasteiger partial charge on any atom is 0.274 e. The van der Waals surface area contributed by atoms with Crippen LogP contribution < -0.4 is 15.0 Å². The summed E-state index contributed by atoms with van der Waals surface area (Å²) in [7, 11) is 1.60. The third-order valence-corrected chi connectivity index (χ3v) is 4.73. The van der Waals surface area contributed by atoms with E-state index in [4.69, 9.17) is 4.74 Å². The van der Waals surface area contributed by atoms with Gasteiger partial charge in [0.2, 0.25) is 0 Å².